The second-order valence-electron chi connectivity index (χ2n) is 6.76. The van der Waals surface area contributed by atoms with Crippen LogP contribution < -0.4 is 0 Å². The van der Waals surface area contributed by atoms with Crippen LogP contribution in [0.2, 0.25) is 0 Å². The van der Waals surface area contributed by atoms with E-state index in [0.717, 1.165) is 25.7 Å². The summed E-state index contributed by atoms with van der Waals surface area (Å²) in [5.74, 6) is -0.0976. The van der Waals surface area contributed by atoms with Crippen LogP contribution in [0.5, 0.6) is 0 Å². The zero-order valence-corrected chi connectivity index (χ0v) is 16.2. The van der Waals surface area contributed by atoms with E-state index >= 15 is 0 Å². The highest BCUT2D eigenvalue weighted by atomic mass is 16.5. The van der Waals surface area contributed by atoms with E-state index in [1.165, 1.54) is 30.4 Å². The molecule has 0 saturated heterocycles. The number of Topliss-reactive ketones (excluding diaryl/α,β-unsaturated/α-hetero) is 1. The van der Waals surface area contributed by atoms with Gasteiger partial charge >= 0.3 is 5.97 Å². The Morgan fingerprint density at radius 1 is 0.833 bits per heavy atom. The molecule has 0 spiro atoms. The summed E-state index contributed by atoms with van der Waals surface area (Å²) >= 11 is 0. The van der Waals surface area contributed by atoms with Gasteiger partial charge in [-0.15, -0.1) is 0 Å². The van der Waals surface area contributed by atoms with Crippen LogP contribution in [0.1, 0.15) is 91.9 Å². The summed E-state index contributed by atoms with van der Waals surface area (Å²) in [4.78, 5) is 23.3. The zero-order valence-electron chi connectivity index (χ0n) is 16.2. The highest BCUT2D eigenvalue weighted by molar-refractivity contribution is 5.82. The third-order valence-electron chi connectivity index (χ3n) is 3.93. The topological polar surface area (TPSA) is 43.4 Å². The molecule has 0 aliphatic heterocycles. The largest absolute Gasteiger partial charge is 0.461 e. The third kappa shape index (κ3) is 15.5. The minimum atomic E-state index is -0.275. The second kappa shape index (κ2) is 15.2. The lowest BCUT2D eigenvalue weighted by molar-refractivity contribution is -0.143. The maximum atomic E-state index is 11.7. The molecule has 3 heteroatoms. The normalized spacial score (nSPS) is 11.2. The zero-order chi connectivity index (χ0) is 18.2. The van der Waals surface area contributed by atoms with Gasteiger partial charge in [0.15, 0.2) is 0 Å². The number of unbranched alkanes of at least 4 members (excludes halogenated alkanes) is 4. The molecule has 0 aromatic carbocycles. The number of hydrogen-bond acceptors (Lipinski definition) is 3. The number of ketones is 1. The van der Waals surface area contributed by atoms with Crippen molar-refractivity contribution in [2.75, 3.05) is 6.61 Å². The summed E-state index contributed by atoms with van der Waals surface area (Å²) in [6.07, 6.45) is 13.0. The second-order valence-corrected chi connectivity index (χ2v) is 6.76. The van der Waals surface area contributed by atoms with Crippen LogP contribution in [-0.2, 0) is 14.3 Å². The number of ether oxygens (including phenoxy) is 1. The first kappa shape index (κ1) is 22.6. The summed E-state index contributed by atoms with van der Waals surface area (Å²) < 4.78 is 5.17. The molecule has 0 heterocycles. The molecule has 0 aromatic rings. The van der Waals surface area contributed by atoms with Crippen molar-refractivity contribution < 1.29 is 14.3 Å². The molecule has 0 aromatic heterocycles. The summed E-state index contributed by atoms with van der Waals surface area (Å²) in [6.45, 7) is 8.72. The summed E-state index contributed by atoms with van der Waals surface area (Å²) in [5.41, 5.74) is 2.55. The number of rotatable bonds is 14. The van der Waals surface area contributed by atoms with Gasteiger partial charge in [-0.05, 0) is 46.1 Å². The summed E-state index contributed by atoms with van der Waals surface area (Å²) in [7, 11) is 0. The number of hydrogen-bond donors (Lipinski definition) is 0. The van der Waals surface area contributed by atoms with Crippen molar-refractivity contribution in [1.82, 2.24) is 0 Å². The smallest absolute Gasteiger partial charge is 0.306 e. The van der Waals surface area contributed by atoms with Crippen LogP contribution in [-0.4, -0.2) is 18.4 Å². The Balaban J connectivity index is 3.71. The molecule has 0 amide bonds. The first-order chi connectivity index (χ1) is 11.5. The quantitative estimate of drug-likeness (QED) is 0.224. The average molecular weight is 337 g/mol. The van der Waals surface area contributed by atoms with Gasteiger partial charge in [-0.1, -0.05) is 49.8 Å². The molecule has 3 nitrogen and oxygen atoms in total. The van der Waals surface area contributed by atoms with E-state index in [0.29, 0.717) is 19.4 Å². The number of carbonyl (C=O) groups is 2. The molecule has 0 N–H and O–H groups in total. The summed E-state index contributed by atoms with van der Waals surface area (Å²) in [6, 6.07) is 0. The Morgan fingerprint density at radius 2 is 1.54 bits per heavy atom. The van der Waals surface area contributed by atoms with Crippen molar-refractivity contribution in [3.05, 3.63) is 23.3 Å². The molecule has 0 rings (SSSR count). The van der Waals surface area contributed by atoms with Crippen molar-refractivity contribution in [3.8, 4) is 0 Å². The van der Waals surface area contributed by atoms with Gasteiger partial charge in [-0.25, -0.2) is 0 Å². The van der Waals surface area contributed by atoms with E-state index in [1.807, 2.05) is 6.08 Å². The first-order valence-corrected chi connectivity index (χ1v) is 9.42. The molecule has 0 bridgehead atoms. The van der Waals surface area contributed by atoms with Gasteiger partial charge in [0.25, 0.3) is 0 Å². The molecule has 0 unspecified atom stereocenters. The number of esters is 1. The molecular weight excluding hydrogens is 300 g/mol. The molecule has 0 saturated carbocycles. The fourth-order valence-electron chi connectivity index (χ4n) is 2.33. The third-order valence-corrected chi connectivity index (χ3v) is 3.93. The lowest BCUT2D eigenvalue weighted by Gasteiger charge is -2.04. The van der Waals surface area contributed by atoms with Gasteiger partial charge in [-0.2, -0.15) is 0 Å². The van der Waals surface area contributed by atoms with Crippen LogP contribution in [0.15, 0.2) is 23.3 Å². The fraction of sp³-hybridized carbons (Fsp3) is 0.714. The standard InChI is InChI=1S/C21H36O3/c1-5-6-7-8-9-13-20(22)14-15-21(23)24-17-16-19(4)12-10-11-18(2)3/h11,16H,5-10,12-15,17H2,1-4H3/b19-16+. The van der Waals surface area contributed by atoms with Crippen LogP contribution in [0.3, 0.4) is 0 Å². The maximum absolute atomic E-state index is 11.7. The van der Waals surface area contributed by atoms with E-state index in [9.17, 15) is 9.59 Å². The number of carbonyl (C=O) groups excluding carboxylic acids is 2. The molecule has 0 aliphatic carbocycles. The van der Waals surface area contributed by atoms with Crippen molar-refractivity contribution >= 4 is 11.8 Å². The molecule has 24 heavy (non-hydrogen) atoms. The van der Waals surface area contributed by atoms with Gasteiger partial charge in [0.1, 0.15) is 12.4 Å². The van der Waals surface area contributed by atoms with E-state index in [2.05, 4.69) is 33.8 Å². The molecule has 0 radical (unpaired) electrons. The summed E-state index contributed by atoms with van der Waals surface area (Å²) in [5, 5.41) is 0. The lowest BCUT2D eigenvalue weighted by atomic mass is 10.1. The Morgan fingerprint density at radius 3 is 2.21 bits per heavy atom. The van der Waals surface area contributed by atoms with Crippen molar-refractivity contribution in [3.63, 3.8) is 0 Å². The minimum absolute atomic E-state index is 0.178. The fourth-order valence-corrected chi connectivity index (χ4v) is 2.33. The van der Waals surface area contributed by atoms with E-state index < -0.39 is 0 Å². The van der Waals surface area contributed by atoms with Crippen LogP contribution in [0.4, 0.5) is 0 Å². The van der Waals surface area contributed by atoms with Crippen LogP contribution in [0.25, 0.3) is 0 Å². The predicted molar refractivity (Wildman–Crippen MR) is 101 cm³/mol. The van der Waals surface area contributed by atoms with Gasteiger partial charge in [0.05, 0.1) is 6.42 Å². The highest BCUT2D eigenvalue weighted by Crippen LogP contribution is 2.08. The van der Waals surface area contributed by atoms with Gasteiger partial charge in [-0.3, -0.25) is 9.59 Å². The molecule has 0 fully saturated rings. The maximum Gasteiger partial charge on any atom is 0.306 e. The van der Waals surface area contributed by atoms with Crippen molar-refractivity contribution in [2.24, 2.45) is 0 Å². The predicted octanol–water partition coefficient (Wildman–Crippen LogP) is 5.93. The van der Waals surface area contributed by atoms with Gasteiger partial charge in [0.2, 0.25) is 0 Å². The average Bonchev–Trinajstić information content (AvgIpc) is 2.52. The van der Waals surface area contributed by atoms with Gasteiger partial charge in [0, 0.05) is 12.8 Å². The van der Waals surface area contributed by atoms with E-state index in [-0.39, 0.29) is 18.2 Å². The molecular formula is C21H36O3. The SMILES string of the molecule is CCCCCCCC(=O)CCC(=O)OC/C=C(\C)CCC=C(C)C. The Bertz CT molecular complexity index is 415. The Kier molecular flexibility index (Phi) is 14.3. The molecule has 138 valence electrons. The molecule has 0 atom stereocenters. The van der Waals surface area contributed by atoms with Gasteiger partial charge < -0.3 is 4.74 Å². The Hall–Kier alpha value is -1.38. The monoisotopic (exact) mass is 336 g/mol. The van der Waals surface area contributed by atoms with E-state index in [1.54, 1.807) is 0 Å². The van der Waals surface area contributed by atoms with Crippen LogP contribution in [0, 0.1) is 0 Å². The number of allylic oxidation sites excluding steroid dienone is 3. The molecule has 0 aliphatic rings. The van der Waals surface area contributed by atoms with Crippen molar-refractivity contribution in [1.29, 1.82) is 0 Å². The van der Waals surface area contributed by atoms with E-state index in [4.69, 9.17) is 4.74 Å². The first-order valence-electron chi connectivity index (χ1n) is 9.42. The Labute approximate surface area is 148 Å². The lowest BCUT2D eigenvalue weighted by Crippen LogP contribution is -2.08. The van der Waals surface area contributed by atoms with Crippen LogP contribution >= 0.6 is 0 Å². The highest BCUT2D eigenvalue weighted by Gasteiger charge is 2.07. The van der Waals surface area contributed by atoms with Crippen molar-refractivity contribution in [2.45, 2.75) is 91.9 Å². The minimum Gasteiger partial charge on any atom is -0.461 e.